The molecular weight excluding hydrogens is 320 g/mol. The van der Waals surface area contributed by atoms with Crippen LogP contribution in [0.3, 0.4) is 0 Å². The summed E-state index contributed by atoms with van der Waals surface area (Å²) in [4.78, 5) is 12.2. The average Bonchev–Trinajstić information content (AvgIpc) is 2.57. The summed E-state index contributed by atoms with van der Waals surface area (Å²) in [6, 6.07) is 11.4. The molecule has 0 aromatic heterocycles. The monoisotopic (exact) mass is 344 g/mol. The molecule has 2 amide bonds. The first-order valence-electron chi connectivity index (χ1n) is 8.29. The molecule has 0 unspecified atom stereocenters. The largest absolute Gasteiger partial charge is 0.504 e. The third-order valence-electron chi connectivity index (χ3n) is 3.56. The Morgan fingerprint density at radius 3 is 2.64 bits per heavy atom. The molecule has 0 fully saturated rings. The predicted octanol–water partition coefficient (Wildman–Crippen LogP) is 3.64. The molecular formula is C19H24N2O4. The number of para-hydroxylation sites is 2. The van der Waals surface area contributed by atoms with Crippen LogP contribution in [0.25, 0.3) is 0 Å². The summed E-state index contributed by atoms with van der Waals surface area (Å²) < 4.78 is 5.62. The Bertz CT molecular complexity index is 718. The molecule has 0 saturated carbocycles. The second-order valence-electron chi connectivity index (χ2n) is 5.87. The summed E-state index contributed by atoms with van der Waals surface area (Å²) in [5, 5.41) is 24.5. The molecule has 1 atom stereocenters. The van der Waals surface area contributed by atoms with Crippen LogP contribution in [-0.4, -0.2) is 28.9 Å². The number of aromatic hydroxyl groups is 2. The van der Waals surface area contributed by atoms with Gasteiger partial charge in [0.05, 0.1) is 12.3 Å². The highest BCUT2D eigenvalue weighted by atomic mass is 16.5. The Labute approximate surface area is 147 Å². The van der Waals surface area contributed by atoms with E-state index in [1.165, 1.54) is 12.1 Å². The van der Waals surface area contributed by atoms with E-state index in [9.17, 15) is 15.0 Å². The van der Waals surface area contributed by atoms with Gasteiger partial charge in [0.2, 0.25) is 0 Å². The highest BCUT2D eigenvalue weighted by Gasteiger charge is 2.11. The first kappa shape index (κ1) is 18.4. The van der Waals surface area contributed by atoms with Crippen molar-refractivity contribution in [1.29, 1.82) is 0 Å². The Morgan fingerprint density at radius 2 is 1.92 bits per heavy atom. The molecule has 6 heteroatoms. The van der Waals surface area contributed by atoms with Crippen molar-refractivity contribution in [3.05, 3.63) is 48.0 Å². The summed E-state index contributed by atoms with van der Waals surface area (Å²) >= 11 is 0. The fraction of sp³-hybridized carbons (Fsp3) is 0.316. The fourth-order valence-electron chi connectivity index (χ4n) is 2.39. The van der Waals surface area contributed by atoms with E-state index in [1.807, 2.05) is 32.0 Å². The summed E-state index contributed by atoms with van der Waals surface area (Å²) in [6.07, 6.45) is 1.41. The van der Waals surface area contributed by atoms with Crippen molar-refractivity contribution in [1.82, 2.24) is 5.32 Å². The lowest BCUT2D eigenvalue weighted by atomic mass is 10.1. The van der Waals surface area contributed by atoms with Gasteiger partial charge in [-0.15, -0.1) is 0 Å². The Hall–Kier alpha value is -2.89. The highest BCUT2D eigenvalue weighted by molar-refractivity contribution is 5.91. The van der Waals surface area contributed by atoms with E-state index in [4.69, 9.17) is 4.74 Å². The van der Waals surface area contributed by atoms with E-state index in [2.05, 4.69) is 10.6 Å². The van der Waals surface area contributed by atoms with Gasteiger partial charge >= 0.3 is 6.03 Å². The number of ether oxygens (including phenoxy) is 1. The molecule has 2 aromatic carbocycles. The topological polar surface area (TPSA) is 90.8 Å². The third-order valence-corrected chi connectivity index (χ3v) is 3.56. The normalized spacial score (nSPS) is 11.6. The smallest absolute Gasteiger partial charge is 0.319 e. The third kappa shape index (κ3) is 5.60. The zero-order valence-electron chi connectivity index (χ0n) is 14.5. The van der Waals surface area contributed by atoms with Crippen LogP contribution in [0.4, 0.5) is 10.5 Å². The van der Waals surface area contributed by atoms with Crippen LogP contribution < -0.4 is 15.4 Å². The van der Waals surface area contributed by atoms with Crippen LogP contribution in [0, 0.1) is 0 Å². The molecule has 0 aliphatic heterocycles. The van der Waals surface area contributed by atoms with E-state index in [-0.39, 0.29) is 23.6 Å². The maximum Gasteiger partial charge on any atom is 0.319 e. The first-order valence-corrected chi connectivity index (χ1v) is 8.29. The molecule has 0 saturated heterocycles. The average molecular weight is 344 g/mol. The minimum Gasteiger partial charge on any atom is -0.504 e. The Kier molecular flexibility index (Phi) is 6.51. The predicted molar refractivity (Wildman–Crippen MR) is 97.3 cm³/mol. The second-order valence-corrected chi connectivity index (χ2v) is 5.87. The second kappa shape index (κ2) is 8.82. The van der Waals surface area contributed by atoms with Gasteiger partial charge in [0.1, 0.15) is 5.75 Å². The Balaban J connectivity index is 1.92. The molecule has 0 aliphatic rings. The van der Waals surface area contributed by atoms with E-state index < -0.39 is 0 Å². The number of benzene rings is 2. The lowest BCUT2D eigenvalue weighted by Crippen LogP contribution is -2.37. The summed E-state index contributed by atoms with van der Waals surface area (Å²) in [7, 11) is 0. The maximum atomic E-state index is 12.2. The number of nitrogens with one attached hydrogen (secondary N) is 2. The number of carbonyl (C=O) groups excluding carboxylic acids is 1. The van der Waals surface area contributed by atoms with Crippen molar-refractivity contribution in [3.63, 3.8) is 0 Å². The van der Waals surface area contributed by atoms with E-state index in [1.54, 1.807) is 12.1 Å². The number of hydrogen-bond acceptors (Lipinski definition) is 4. The van der Waals surface area contributed by atoms with Crippen molar-refractivity contribution >= 4 is 11.7 Å². The summed E-state index contributed by atoms with van der Waals surface area (Å²) in [5.41, 5.74) is 1.43. The van der Waals surface area contributed by atoms with Gasteiger partial charge in [-0.25, -0.2) is 4.79 Å². The molecule has 0 radical (unpaired) electrons. The quantitative estimate of drug-likeness (QED) is 0.577. The van der Waals surface area contributed by atoms with Crippen LogP contribution >= 0.6 is 0 Å². The van der Waals surface area contributed by atoms with Crippen molar-refractivity contribution in [2.24, 2.45) is 0 Å². The standard InChI is InChI=1S/C19H24N2O4/c1-3-10-25-18-7-5-4-6-15(18)21-19(24)20-13(2)11-14-8-9-16(22)17(23)12-14/h4-9,12-13,22-23H,3,10-11H2,1-2H3,(H2,20,21,24)/t13-/m0/s1. The van der Waals surface area contributed by atoms with Gasteiger partial charge < -0.3 is 25.6 Å². The molecule has 4 N–H and O–H groups in total. The van der Waals surface area contributed by atoms with Gasteiger partial charge in [-0.3, -0.25) is 0 Å². The maximum absolute atomic E-state index is 12.2. The SMILES string of the molecule is CCCOc1ccccc1NC(=O)N[C@@H](C)Cc1ccc(O)c(O)c1. The highest BCUT2D eigenvalue weighted by Crippen LogP contribution is 2.26. The van der Waals surface area contributed by atoms with Crippen molar-refractivity contribution < 1.29 is 19.7 Å². The zero-order chi connectivity index (χ0) is 18.2. The molecule has 134 valence electrons. The molecule has 25 heavy (non-hydrogen) atoms. The lowest BCUT2D eigenvalue weighted by molar-refractivity contribution is 0.249. The fourth-order valence-corrected chi connectivity index (χ4v) is 2.39. The molecule has 6 nitrogen and oxygen atoms in total. The molecule has 0 spiro atoms. The number of urea groups is 1. The zero-order valence-corrected chi connectivity index (χ0v) is 14.5. The van der Waals surface area contributed by atoms with Gasteiger partial charge in [-0.1, -0.05) is 25.1 Å². The molecule has 0 aliphatic carbocycles. The van der Waals surface area contributed by atoms with Gasteiger partial charge in [0, 0.05) is 6.04 Å². The molecule has 2 rings (SSSR count). The van der Waals surface area contributed by atoms with Gasteiger partial charge in [0.15, 0.2) is 11.5 Å². The van der Waals surface area contributed by atoms with Crippen LogP contribution in [0.15, 0.2) is 42.5 Å². The van der Waals surface area contributed by atoms with Gasteiger partial charge in [0.25, 0.3) is 0 Å². The van der Waals surface area contributed by atoms with E-state index in [0.29, 0.717) is 24.5 Å². The number of rotatable bonds is 7. The van der Waals surface area contributed by atoms with Gasteiger partial charge in [-0.2, -0.15) is 0 Å². The summed E-state index contributed by atoms with van der Waals surface area (Å²) in [5.74, 6) is 0.303. The van der Waals surface area contributed by atoms with E-state index >= 15 is 0 Å². The molecule has 0 heterocycles. The Morgan fingerprint density at radius 1 is 1.16 bits per heavy atom. The summed E-state index contributed by atoms with van der Waals surface area (Å²) in [6.45, 7) is 4.47. The van der Waals surface area contributed by atoms with Crippen molar-refractivity contribution in [3.8, 4) is 17.2 Å². The van der Waals surface area contributed by atoms with Crippen molar-refractivity contribution in [2.75, 3.05) is 11.9 Å². The van der Waals surface area contributed by atoms with Gasteiger partial charge in [-0.05, 0) is 49.6 Å². The number of phenolic OH excluding ortho intramolecular Hbond substituents is 2. The number of phenols is 2. The van der Waals surface area contributed by atoms with Crippen molar-refractivity contribution in [2.45, 2.75) is 32.7 Å². The number of carbonyl (C=O) groups is 1. The van der Waals surface area contributed by atoms with Crippen LogP contribution in [0.2, 0.25) is 0 Å². The lowest BCUT2D eigenvalue weighted by Gasteiger charge is -2.16. The molecule has 2 aromatic rings. The number of amides is 2. The number of anilines is 1. The first-order chi connectivity index (χ1) is 12.0. The minimum absolute atomic E-state index is 0.160. The minimum atomic E-state index is -0.331. The van der Waals surface area contributed by atoms with Crippen LogP contribution in [0.1, 0.15) is 25.8 Å². The molecule has 0 bridgehead atoms. The number of hydrogen-bond donors (Lipinski definition) is 4. The van der Waals surface area contributed by atoms with Crippen LogP contribution in [-0.2, 0) is 6.42 Å². The van der Waals surface area contributed by atoms with Crippen LogP contribution in [0.5, 0.6) is 17.2 Å². The van der Waals surface area contributed by atoms with E-state index in [0.717, 1.165) is 12.0 Å².